The highest BCUT2D eigenvalue weighted by Crippen LogP contribution is 2.14. The SMILES string of the molecule is CCCC[C@H](NC(=O)c1ccccc1-n1cccn1)C(=O)O. The topological polar surface area (TPSA) is 84.2 Å². The van der Waals surface area contributed by atoms with Gasteiger partial charge in [0.2, 0.25) is 0 Å². The zero-order valence-corrected chi connectivity index (χ0v) is 12.4. The number of para-hydroxylation sites is 1. The van der Waals surface area contributed by atoms with Crippen molar-refractivity contribution in [1.29, 1.82) is 0 Å². The van der Waals surface area contributed by atoms with Crippen LogP contribution in [0.25, 0.3) is 5.69 Å². The third kappa shape index (κ3) is 3.72. The van der Waals surface area contributed by atoms with Gasteiger partial charge in [-0.15, -0.1) is 0 Å². The molecular formula is C16H19N3O3. The first-order valence-electron chi connectivity index (χ1n) is 7.26. The Morgan fingerprint density at radius 1 is 1.32 bits per heavy atom. The van der Waals surface area contributed by atoms with Crippen LogP contribution in [-0.4, -0.2) is 32.8 Å². The maximum atomic E-state index is 12.4. The molecule has 1 heterocycles. The van der Waals surface area contributed by atoms with E-state index in [2.05, 4.69) is 10.4 Å². The number of unbranched alkanes of at least 4 members (excludes halogenated alkanes) is 1. The molecule has 1 aromatic heterocycles. The van der Waals surface area contributed by atoms with E-state index in [0.29, 0.717) is 17.7 Å². The second-order valence-electron chi connectivity index (χ2n) is 4.97. The summed E-state index contributed by atoms with van der Waals surface area (Å²) in [6.45, 7) is 1.98. The molecule has 1 amide bonds. The molecule has 0 unspecified atom stereocenters. The molecule has 0 aliphatic rings. The minimum absolute atomic E-state index is 0.397. The van der Waals surface area contributed by atoms with Crippen LogP contribution in [0.1, 0.15) is 36.5 Å². The fourth-order valence-electron chi connectivity index (χ4n) is 2.18. The number of aromatic nitrogens is 2. The van der Waals surface area contributed by atoms with Gasteiger partial charge in [-0.2, -0.15) is 5.10 Å². The smallest absolute Gasteiger partial charge is 0.326 e. The van der Waals surface area contributed by atoms with Crippen LogP contribution in [0.15, 0.2) is 42.7 Å². The summed E-state index contributed by atoms with van der Waals surface area (Å²) in [6.07, 6.45) is 5.40. The lowest BCUT2D eigenvalue weighted by Gasteiger charge is -2.15. The Hall–Kier alpha value is -2.63. The van der Waals surface area contributed by atoms with E-state index in [-0.39, 0.29) is 0 Å². The standard InChI is InChI=1S/C16H19N3O3/c1-2-3-8-13(16(21)22)18-15(20)12-7-4-5-9-14(12)19-11-6-10-17-19/h4-7,9-11,13H,2-3,8H2,1H3,(H,18,20)(H,21,22)/t13-/m0/s1. The zero-order chi connectivity index (χ0) is 15.9. The number of benzene rings is 1. The van der Waals surface area contributed by atoms with Crippen molar-refractivity contribution in [3.05, 3.63) is 48.3 Å². The molecule has 0 bridgehead atoms. The van der Waals surface area contributed by atoms with Crippen molar-refractivity contribution in [3.63, 3.8) is 0 Å². The number of hydrogen-bond donors (Lipinski definition) is 2. The summed E-state index contributed by atoms with van der Waals surface area (Å²) >= 11 is 0. The second kappa shape index (κ2) is 7.40. The number of amides is 1. The average Bonchev–Trinajstić information content (AvgIpc) is 3.05. The quantitative estimate of drug-likeness (QED) is 0.821. The Bertz CT molecular complexity index is 638. The van der Waals surface area contributed by atoms with E-state index in [1.54, 1.807) is 47.4 Å². The summed E-state index contributed by atoms with van der Waals surface area (Å²) in [5.74, 6) is -1.42. The molecule has 0 radical (unpaired) electrons. The summed E-state index contributed by atoms with van der Waals surface area (Å²) in [6, 6.07) is 7.85. The molecule has 6 nitrogen and oxygen atoms in total. The van der Waals surface area contributed by atoms with Crippen molar-refractivity contribution >= 4 is 11.9 Å². The Balaban J connectivity index is 2.21. The highest BCUT2D eigenvalue weighted by Gasteiger charge is 2.21. The Morgan fingerprint density at radius 2 is 2.09 bits per heavy atom. The Kier molecular flexibility index (Phi) is 5.30. The number of carbonyl (C=O) groups excluding carboxylic acids is 1. The molecule has 116 valence electrons. The fraction of sp³-hybridized carbons (Fsp3) is 0.312. The van der Waals surface area contributed by atoms with E-state index < -0.39 is 17.9 Å². The summed E-state index contributed by atoms with van der Waals surface area (Å²) < 4.78 is 1.58. The first kappa shape index (κ1) is 15.8. The Labute approximate surface area is 128 Å². The van der Waals surface area contributed by atoms with Crippen molar-refractivity contribution < 1.29 is 14.7 Å². The molecular weight excluding hydrogens is 282 g/mol. The molecule has 2 rings (SSSR count). The minimum atomic E-state index is -1.02. The van der Waals surface area contributed by atoms with E-state index in [9.17, 15) is 14.7 Å². The van der Waals surface area contributed by atoms with Gasteiger partial charge in [0.15, 0.2) is 0 Å². The summed E-state index contributed by atoms with van der Waals surface area (Å²) in [4.78, 5) is 23.7. The number of hydrogen-bond acceptors (Lipinski definition) is 3. The minimum Gasteiger partial charge on any atom is -0.480 e. The molecule has 0 saturated carbocycles. The number of aliphatic carboxylic acids is 1. The monoisotopic (exact) mass is 301 g/mol. The number of rotatable bonds is 7. The third-order valence-corrected chi connectivity index (χ3v) is 3.35. The van der Waals surface area contributed by atoms with Gasteiger partial charge in [0, 0.05) is 12.4 Å². The third-order valence-electron chi connectivity index (χ3n) is 3.35. The molecule has 2 N–H and O–H groups in total. The van der Waals surface area contributed by atoms with Gasteiger partial charge < -0.3 is 10.4 Å². The molecule has 0 saturated heterocycles. The number of carboxylic acids is 1. The van der Waals surface area contributed by atoms with Crippen molar-refractivity contribution in [2.24, 2.45) is 0 Å². The highest BCUT2D eigenvalue weighted by molar-refractivity contribution is 5.99. The lowest BCUT2D eigenvalue weighted by Crippen LogP contribution is -2.41. The molecule has 0 aliphatic heterocycles. The van der Waals surface area contributed by atoms with Crippen LogP contribution in [-0.2, 0) is 4.79 Å². The van der Waals surface area contributed by atoms with Crippen LogP contribution in [0.5, 0.6) is 0 Å². The average molecular weight is 301 g/mol. The normalized spacial score (nSPS) is 11.9. The van der Waals surface area contributed by atoms with Crippen molar-refractivity contribution in [3.8, 4) is 5.69 Å². The summed E-state index contributed by atoms with van der Waals surface area (Å²) in [5, 5.41) is 15.9. The van der Waals surface area contributed by atoms with Crippen LogP contribution < -0.4 is 5.32 Å². The summed E-state index contributed by atoms with van der Waals surface area (Å²) in [5.41, 5.74) is 1.01. The van der Waals surface area contributed by atoms with E-state index in [0.717, 1.165) is 12.8 Å². The van der Waals surface area contributed by atoms with Gasteiger partial charge >= 0.3 is 5.97 Å². The van der Waals surface area contributed by atoms with Gasteiger partial charge in [-0.05, 0) is 24.6 Å². The maximum absolute atomic E-state index is 12.4. The lowest BCUT2D eigenvalue weighted by atomic mass is 10.1. The molecule has 6 heteroatoms. The predicted molar refractivity (Wildman–Crippen MR) is 82.0 cm³/mol. The van der Waals surface area contributed by atoms with Crippen molar-refractivity contribution in [1.82, 2.24) is 15.1 Å². The first-order valence-corrected chi connectivity index (χ1v) is 7.26. The van der Waals surface area contributed by atoms with Gasteiger partial charge in [-0.25, -0.2) is 9.48 Å². The van der Waals surface area contributed by atoms with Crippen LogP contribution in [0.2, 0.25) is 0 Å². The van der Waals surface area contributed by atoms with E-state index in [1.807, 2.05) is 6.92 Å². The fourth-order valence-corrected chi connectivity index (χ4v) is 2.18. The molecule has 0 fully saturated rings. The van der Waals surface area contributed by atoms with E-state index in [4.69, 9.17) is 0 Å². The largest absolute Gasteiger partial charge is 0.480 e. The van der Waals surface area contributed by atoms with Gasteiger partial charge in [0.1, 0.15) is 6.04 Å². The van der Waals surface area contributed by atoms with E-state index in [1.165, 1.54) is 0 Å². The van der Waals surface area contributed by atoms with Gasteiger partial charge in [0.05, 0.1) is 11.3 Å². The van der Waals surface area contributed by atoms with Gasteiger partial charge in [-0.1, -0.05) is 31.9 Å². The Morgan fingerprint density at radius 3 is 2.73 bits per heavy atom. The highest BCUT2D eigenvalue weighted by atomic mass is 16.4. The second-order valence-corrected chi connectivity index (χ2v) is 4.97. The predicted octanol–water partition coefficient (Wildman–Crippen LogP) is 2.25. The first-order chi connectivity index (χ1) is 10.6. The van der Waals surface area contributed by atoms with Crippen LogP contribution in [0.3, 0.4) is 0 Å². The van der Waals surface area contributed by atoms with Crippen LogP contribution in [0, 0.1) is 0 Å². The van der Waals surface area contributed by atoms with Gasteiger partial charge in [0.25, 0.3) is 5.91 Å². The lowest BCUT2D eigenvalue weighted by molar-refractivity contribution is -0.139. The van der Waals surface area contributed by atoms with Crippen molar-refractivity contribution in [2.45, 2.75) is 32.2 Å². The van der Waals surface area contributed by atoms with E-state index >= 15 is 0 Å². The van der Waals surface area contributed by atoms with Gasteiger partial charge in [-0.3, -0.25) is 4.79 Å². The number of carboxylic acid groups (broad SMARTS) is 1. The van der Waals surface area contributed by atoms with Crippen LogP contribution in [0.4, 0.5) is 0 Å². The molecule has 1 atom stereocenters. The summed E-state index contributed by atoms with van der Waals surface area (Å²) in [7, 11) is 0. The number of nitrogens with zero attached hydrogens (tertiary/aromatic N) is 2. The zero-order valence-electron chi connectivity index (χ0n) is 12.4. The maximum Gasteiger partial charge on any atom is 0.326 e. The molecule has 2 aromatic rings. The molecule has 0 aliphatic carbocycles. The molecule has 0 spiro atoms. The van der Waals surface area contributed by atoms with Crippen LogP contribution >= 0.6 is 0 Å². The number of carbonyl (C=O) groups is 2. The molecule has 22 heavy (non-hydrogen) atoms. The number of nitrogens with one attached hydrogen (secondary N) is 1. The molecule has 1 aromatic carbocycles. The van der Waals surface area contributed by atoms with Crippen molar-refractivity contribution in [2.75, 3.05) is 0 Å².